The molecule has 0 radical (unpaired) electrons. The van der Waals surface area contributed by atoms with Gasteiger partial charge in [-0.15, -0.1) is 0 Å². The van der Waals surface area contributed by atoms with Crippen LogP contribution in [0, 0.1) is 9.39 Å². The van der Waals surface area contributed by atoms with Crippen LogP contribution in [0.1, 0.15) is 29.0 Å². The molecule has 4 rings (SSSR count). The molecule has 0 spiro atoms. The molecule has 1 aliphatic heterocycles. The van der Waals surface area contributed by atoms with Gasteiger partial charge in [0.25, 0.3) is 0 Å². The van der Waals surface area contributed by atoms with Crippen LogP contribution in [0.2, 0.25) is 0 Å². The molecule has 2 aromatic carbocycles. The van der Waals surface area contributed by atoms with E-state index in [9.17, 15) is 9.18 Å². The van der Waals surface area contributed by atoms with E-state index in [1.54, 1.807) is 18.2 Å². The van der Waals surface area contributed by atoms with Gasteiger partial charge in [0.2, 0.25) is 0 Å². The van der Waals surface area contributed by atoms with Crippen LogP contribution in [-0.4, -0.2) is 25.2 Å². The number of rotatable bonds is 4. The summed E-state index contributed by atoms with van der Waals surface area (Å²) in [5.74, 6) is -0.582. The van der Waals surface area contributed by atoms with Crippen molar-refractivity contribution in [2.45, 2.75) is 12.8 Å². The number of carbonyl (C=O) groups is 1. The molecule has 0 atom stereocenters. The Labute approximate surface area is 183 Å². The van der Waals surface area contributed by atoms with E-state index in [-0.39, 0.29) is 11.6 Å². The Morgan fingerprint density at radius 3 is 2.79 bits per heavy atom. The standard InChI is InChI=1S/C20H16BrFIN3O2/c21-14-8-13-9-18(28-19(13)16(23)10-14)20(27)25-24-11-12-3-4-17(15(22)7-12)26-5-1-2-6-26/h3-4,7-11H,1-2,5-6H2,(H,25,27)/b24-11-. The molecular weight excluding hydrogens is 540 g/mol. The summed E-state index contributed by atoms with van der Waals surface area (Å²) in [5.41, 5.74) is 4.26. The van der Waals surface area contributed by atoms with Gasteiger partial charge in [-0.05, 0) is 71.3 Å². The van der Waals surface area contributed by atoms with Gasteiger partial charge in [-0.3, -0.25) is 4.79 Å². The molecule has 3 aromatic rings. The minimum Gasteiger partial charge on any atom is -0.450 e. The molecule has 2 heterocycles. The maximum absolute atomic E-state index is 14.3. The van der Waals surface area contributed by atoms with E-state index < -0.39 is 5.91 Å². The number of halogens is 3. The third-order valence-electron chi connectivity index (χ3n) is 4.56. The lowest BCUT2D eigenvalue weighted by Gasteiger charge is -2.18. The van der Waals surface area contributed by atoms with Crippen LogP contribution < -0.4 is 10.3 Å². The predicted octanol–water partition coefficient (Wildman–Crippen LogP) is 5.30. The summed E-state index contributed by atoms with van der Waals surface area (Å²) in [6.07, 6.45) is 3.59. The first kappa shape index (κ1) is 19.4. The molecule has 1 amide bonds. The van der Waals surface area contributed by atoms with E-state index >= 15 is 0 Å². The van der Waals surface area contributed by atoms with Gasteiger partial charge in [0.1, 0.15) is 11.4 Å². The first-order valence-electron chi connectivity index (χ1n) is 8.78. The van der Waals surface area contributed by atoms with Gasteiger partial charge in [0.05, 0.1) is 15.5 Å². The van der Waals surface area contributed by atoms with Crippen molar-refractivity contribution < 1.29 is 13.6 Å². The number of fused-ring (bicyclic) bond motifs is 1. The van der Waals surface area contributed by atoms with Crippen molar-refractivity contribution in [2.75, 3.05) is 18.0 Å². The summed E-state index contributed by atoms with van der Waals surface area (Å²) in [7, 11) is 0. The van der Waals surface area contributed by atoms with E-state index in [0.717, 1.165) is 39.4 Å². The molecule has 144 valence electrons. The van der Waals surface area contributed by atoms with Crippen molar-refractivity contribution in [3.05, 3.63) is 61.6 Å². The second-order valence-electron chi connectivity index (χ2n) is 6.52. The van der Waals surface area contributed by atoms with Crippen LogP contribution in [0.4, 0.5) is 10.1 Å². The van der Waals surface area contributed by atoms with Crippen molar-refractivity contribution in [1.82, 2.24) is 5.43 Å². The Morgan fingerprint density at radius 1 is 1.25 bits per heavy atom. The smallest absolute Gasteiger partial charge is 0.307 e. The van der Waals surface area contributed by atoms with Gasteiger partial charge in [0, 0.05) is 22.9 Å². The number of anilines is 1. The molecule has 1 aromatic heterocycles. The third-order valence-corrected chi connectivity index (χ3v) is 5.82. The SMILES string of the molecule is O=C(N/N=C\c1ccc(N2CCCC2)c(F)c1)c1cc2cc(Br)cc(I)c2o1. The Hall–Kier alpha value is -1.94. The monoisotopic (exact) mass is 555 g/mol. The molecule has 1 aliphatic rings. The average Bonchev–Trinajstić information content (AvgIpc) is 3.31. The van der Waals surface area contributed by atoms with Crippen molar-refractivity contribution in [2.24, 2.45) is 5.10 Å². The fourth-order valence-corrected chi connectivity index (χ4v) is 4.89. The number of amides is 1. The highest BCUT2D eigenvalue weighted by Gasteiger charge is 2.16. The molecule has 0 saturated carbocycles. The molecule has 5 nitrogen and oxygen atoms in total. The largest absolute Gasteiger partial charge is 0.450 e. The topological polar surface area (TPSA) is 57.8 Å². The first-order valence-corrected chi connectivity index (χ1v) is 10.6. The van der Waals surface area contributed by atoms with Crippen molar-refractivity contribution >= 4 is 67.3 Å². The van der Waals surface area contributed by atoms with E-state index in [0.29, 0.717) is 16.8 Å². The molecule has 1 N–H and O–H groups in total. The van der Waals surface area contributed by atoms with Crippen LogP contribution in [0.15, 0.2) is 50.4 Å². The maximum atomic E-state index is 14.3. The van der Waals surface area contributed by atoms with Crippen LogP contribution in [0.3, 0.4) is 0 Å². The van der Waals surface area contributed by atoms with Gasteiger partial charge in [-0.2, -0.15) is 5.10 Å². The number of hydrogen-bond donors (Lipinski definition) is 1. The first-order chi connectivity index (χ1) is 13.5. The van der Waals surface area contributed by atoms with Crippen molar-refractivity contribution in [3.63, 3.8) is 0 Å². The Balaban J connectivity index is 1.45. The zero-order valence-corrected chi connectivity index (χ0v) is 18.5. The average molecular weight is 556 g/mol. The molecule has 0 bridgehead atoms. The van der Waals surface area contributed by atoms with Crippen molar-refractivity contribution in [1.29, 1.82) is 0 Å². The van der Waals surface area contributed by atoms with Gasteiger partial charge >= 0.3 is 5.91 Å². The number of nitrogens with zero attached hydrogens (tertiary/aromatic N) is 2. The molecule has 1 saturated heterocycles. The van der Waals surface area contributed by atoms with E-state index in [4.69, 9.17) is 4.42 Å². The summed E-state index contributed by atoms with van der Waals surface area (Å²) in [5, 5.41) is 4.75. The molecular formula is C20H16BrFIN3O2. The van der Waals surface area contributed by atoms with Crippen LogP contribution in [0.5, 0.6) is 0 Å². The lowest BCUT2D eigenvalue weighted by Crippen LogP contribution is -2.19. The lowest BCUT2D eigenvalue weighted by molar-refractivity contribution is 0.0929. The van der Waals surface area contributed by atoms with Gasteiger partial charge in [0.15, 0.2) is 5.76 Å². The molecule has 0 aliphatic carbocycles. The van der Waals surface area contributed by atoms with Crippen LogP contribution in [-0.2, 0) is 0 Å². The Bertz CT molecular complexity index is 1080. The molecule has 0 unspecified atom stereocenters. The third kappa shape index (κ3) is 4.07. The van der Waals surface area contributed by atoms with E-state index in [1.165, 1.54) is 12.3 Å². The number of furan rings is 1. The summed E-state index contributed by atoms with van der Waals surface area (Å²) >= 11 is 5.58. The summed E-state index contributed by atoms with van der Waals surface area (Å²) < 4.78 is 21.8. The number of hydrogen-bond acceptors (Lipinski definition) is 4. The fraction of sp³-hybridized carbons (Fsp3) is 0.200. The second-order valence-corrected chi connectivity index (χ2v) is 8.60. The highest BCUT2D eigenvalue weighted by molar-refractivity contribution is 14.1. The fourth-order valence-electron chi connectivity index (χ4n) is 3.23. The summed E-state index contributed by atoms with van der Waals surface area (Å²) in [6.45, 7) is 1.76. The maximum Gasteiger partial charge on any atom is 0.307 e. The Morgan fingerprint density at radius 2 is 2.04 bits per heavy atom. The zero-order chi connectivity index (χ0) is 19.7. The van der Waals surface area contributed by atoms with Crippen LogP contribution >= 0.6 is 38.5 Å². The van der Waals surface area contributed by atoms with Gasteiger partial charge in [-0.25, -0.2) is 9.82 Å². The molecule has 1 fully saturated rings. The number of hydrazone groups is 1. The second kappa shape index (κ2) is 8.20. The predicted molar refractivity (Wildman–Crippen MR) is 120 cm³/mol. The van der Waals surface area contributed by atoms with E-state index in [1.807, 2.05) is 17.0 Å². The Kier molecular flexibility index (Phi) is 5.68. The summed E-state index contributed by atoms with van der Waals surface area (Å²) in [4.78, 5) is 14.3. The molecule has 28 heavy (non-hydrogen) atoms. The molecule has 8 heteroatoms. The number of carbonyl (C=O) groups excluding carboxylic acids is 1. The number of nitrogens with one attached hydrogen (secondary N) is 1. The highest BCUT2D eigenvalue weighted by atomic mass is 127. The van der Waals surface area contributed by atoms with Crippen molar-refractivity contribution in [3.8, 4) is 0 Å². The normalized spacial score (nSPS) is 14.3. The van der Waals surface area contributed by atoms with Crippen LogP contribution in [0.25, 0.3) is 11.0 Å². The van der Waals surface area contributed by atoms with Gasteiger partial charge < -0.3 is 9.32 Å². The van der Waals surface area contributed by atoms with Gasteiger partial charge in [-0.1, -0.05) is 22.0 Å². The summed E-state index contributed by atoms with van der Waals surface area (Å²) in [6, 6.07) is 10.4. The quantitative estimate of drug-likeness (QED) is 0.270. The lowest BCUT2D eigenvalue weighted by atomic mass is 10.2. The minimum atomic E-state index is -0.464. The zero-order valence-electron chi connectivity index (χ0n) is 14.7. The number of benzene rings is 2. The van der Waals surface area contributed by atoms with E-state index in [2.05, 4.69) is 49.0 Å². The minimum absolute atomic E-state index is 0.165. The highest BCUT2D eigenvalue weighted by Crippen LogP contribution is 2.28.